The molecule has 1 N–H and O–H groups in total. The Kier molecular flexibility index (Phi) is 3.14. The molecule has 0 aliphatic rings. The maximum absolute atomic E-state index is 13.1. The summed E-state index contributed by atoms with van der Waals surface area (Å²) in [6, 6.07) is 4.38. The molecule has 18 heavy (non-hydrogen) atoms. The number of aryl methyl sites for hydroxylation is 3. The topological polar surface area (TPSA) is 55.1 Å². The van der Waals surface area contributed by atoms with Crippen LogP contribution in [0.3, 0.4) is 0 Å². The Hall–Kier alpha value is -2.17. The van der Waals surface area contributed by atoms with Crippen molar-refractivity contribution in [2.45, 2.75) is 20.8 Å². The fourth-order valence-electron chi connectivity index (χ4n) is 1.65. The van der Waals surface area contributed by atoms with Crippen molar-refractivity contribution in [3.05, 3.63) is 46.9 Å². The normalized spacial score (nSPS) is 10.4. The summed E-state index contributed by atoms with van der Waals surface area (Å²) in [7, 11) is 0. The van der Waals surface area contributed by atoms with E-state index in [-0.39, 0.29) is 17.4 Å². The highest BCUT2D eigenvalue weighted by Gasteiger charge is 2.15. The molecule has 0 aliphatic carbocycles. The van der Waals surface area contributed by atoms with Crippen LogP contribution in [0.15, 0.2) is 22.6 Å². The second kappa shape index (κ2) is 4.60. The van der Waals surface area contributed by atoms with E-state index in [1.165, 1.54) is 12.1 Å². The van der Waals surface area contributed by atoms with E-state index < -0.39 is 0 Å². The number of aromatic nitrogens is 1. The number of halogens is 1. The van der Waals surface area contributed by atoms with Crippen LogP contribution in [0.4, 0.5) is 10.1 Å². The van der Waals surface area contributed by atoms with E-state index in [2.05, 4.69) is 10.3 Å². The smallest absolute Gasteiger partial charge is 0.277 e. The molecule has 2 rings (SSSR count). The van der Waals surface area contributed by atoms with Gasteiger partial charge in [0.15, 0.2) is 11.6 Å². The quantitative estimate of drug-likeness (QED) is 0.888. The molecule has 1 aromatic heterocycles. The first-order valence-corrected chi connectivity index (χ1v) is 5.49. The number of carbonyl (C=O) groups excluding carboxylic acids is 1. The van der Waals surface area contributed by atoms with Gasteiger partial charge in [0.1, 0.15) is 11.6 Å². The number of nitrogens with one attached hydrogen (secondary N) is 1. The number of benzene rings is 1. The maximum Gasteiger partial charge on any atom is 0.277 e. The second-order valence-corrected chi connectivity index (χ2v) is 4.06. The zero-order chi connectivity index (χ0) is 13.3. The van der Waals surface area contributed by atoms with Crippen LogP contribution in [0.1, 0.15) is 27.7 Å². The fraction of sp³-hybridized carbons (Fsp3) is 0.231. The summed E-state index contributed by atoms with van der Waals surface area (Å²) in [4.78, 5) is 15.9. The molecule has 2 aromatic rings. The number of hydrogen-bond acceptors (Lipinski definition) is 3. The SMILES string of the molecule is Cc1nc(C(=O)Nc2ccc(F)c(C)c2)c(C)o1. The molecule has 4 nitrogen and oxygen atoms in total. The van der Waals surface area contributed by atoms with Gasteiger partial charge in [-0.25, -0.2) is 9.37 Å². The van der Waals surface area contributed by atoms with Gasteiger partial charge in [-0.15, -0.1) is 0 Å². The maximum atomic E-state index is 13.1. The number of hydrogen-bond donors (Lipinski definition) is 1. The highest BCUT2D eigenvalue weighted by atomic mass is 19.1. The Bertz CT molecular complexity index is 605. The van der Waals surface area contributed by atoms with Crippen molar-refractivity contribution in [1.82, 2.24) is 4.98 Å². The third-order valence-corrected chi connectivity index (χ3v) is 2.53. The van der Waals surface area contributed by atoms with Crippen molar-refractivity contribution >= 4 is 11.6 Å². The van der Waals surface area contributed by atoms with Crippen LogP contribution >= 0.6 is 0 Å². The van der Waals surface area contributed by atoms with E-state index in [4.69, 9.17) is 4.42 Å². The van der Waals surface area contributed by atoms with Crippen LogP contribution < -0.4 is 5.32 Å². The van der Waals surface area contributed by atoms with Crippen LogP contribution in [-0.2, 0) is 0 Å². The first-order valence-electron chi connectivity index (χ1n) is 5.49. The Morgan fingerprint density at radius 2 is 2.06 bits per heavy atom. The van der Waals surface area contributed by atoms with Gasteiger partial charge >= 0.3 is 0 Å². The van der Waals surface area contributed by atoms with E-state index in [9.17, 15) is 9.18 Å². The van der Waals surface area contributed by atoms with Gasteiger partial charge in [-0.1, -0.05) is 0 Å². The molecule has 0 aliphatic heterocycles. The predicted molar refractivity (Wildman–Crippen MR) is 65.1 cm³/mol. The Balaban J connectivity index is 2.21. The van der Waals surface area contributed by atoms with Crippen molar-refractivity contribution < 1.29 is 13.6 Å². The molecule has 0 saturated carbocycles. The number of oxazole rings is 1. The molecule has 0 radical (unpaired) electrons. The molecule has 0 bridgehead atoms. The van der Waals surface area contributed by atoms with Gasteiger partial charge in [0.25, 0.3) is 5.91 Å². The van der Waals surface area contributed by atoms with E-state index in [1.54, 1.807) is 26.8 Å². The largest absolute Gasteiger partial charge is 0.445 e. The molecule has 1 amide bonds. The lowest BCUT2D eigenvalue weighted by Crippen LogP contribution is -2.13. The first kappa shape index (κ1) is 12.3. The molecule has 0 unspecified atom stereocenters. The minimum atomic E-state index is -0.365. The Morgan fingerprint density at radius 3 is 2.61 bits per heavy atom. The van der Waals surface area contributed by atoms with Gasteiger partial charge in [-0.05, 0) is 37.6 Å². The molecular formula is C13H13FN2O2. The molecule has 0 fully saturated rings. The summed E-state index contributed by atoms with van der Waals surface area (Å²) < 4.78 is 18.3. The minimum absolute atomic E-state index is 0.245. The van der Waals surface area contributed by atoms with E-state index in [0.717, 1.165) is 0 Å². The van der Waals surface area contributed by atoms with Crippen LogP contribution in [0.5, 0.6) is 0 Å². The lowest BCUT2D eigenvalue weighted by atomic mass is 10.2. The van der Waals surface area contributed by atoms with Gasteiger partial charge in [-0.3, -0.25) is 4.79 Å². The van der Waals surface area contributed by atoms with E-state index in [0.29, 0.717) is 22.9 Å². The summed E-state index contributed by atoms with van der Waals surface area (Å²) in [6.45, 7) is 4.98. The van der Waals surface area contributed by atoms with Crippen LogP contribution in [0.2, 0.25) is 0 Å². The number of carbonyl (C=O) groups is 1. The van der Waals surface area contributed by atoms with E-state index in [1.807, 2.05) is 0 Å². The third kappa shape index (κ3) is 2.40. The summed E-state index contributed by atoms with van der Waals surface area (Å²) in [6.07, 6.45) is 0. The number of nitrogens with zero attached hydrogens (tertiary/aromatic N) is 1. The van der Waals surface area contributed by atoms with Crippen LogP contribution in [0, 0.1) is 26.6 Å². The highest BCUT2D eigenvalue weighted by molar-refractivity contribution is 6.03. The molecule has 0 saturated heterocycles. The van der Waals surface area contributed by atoms with Gasteiger partial charge in [0.2, 0.25) is 0 Å². The lowest BCUT2D eigenvalue weighted by Gasteiger charge is -2.05. The third-order valence-electron chi connectivity index (χ3n) is 2.53. The average Bonchev–Trinajstić information content (AvgIpc) is 2.63. The van der Waals surface area contributed by atoms with Crippen molar-refractivity contribution in [2.24, 2.45) is 0 Å². The van der Waals surface area contributed by atoms with Crippen LogP contribution in [0.25, 0.3) is 0 Å². The Morgan fingerprint density at radius 1 is 1.33 bits per heavy atom. The van der Waals surface area contributed by atoms with Crippen molar-refractivity contribution in [3.63, 3.8) is 0 Å². The molecule has 1 aromatic carbocycles. The fourth-order valence-corrected chi connectivity index (χ4v) is 1.65. The monoisotopic (exact) mass is 248 g/mol. The number of amides is 1. The summed E-state index contributed by atoms with van der Waals surface area (Å²) in [5, 5.41) is 2.65. The molecular weight excluding hydrogens is 235 g/mol. The zero-order valence-corrected chi connectivity index (χ0v) is 10.4. The second-order valence-electron chi connectivity index (χ2n) is 4.06. The van der Waals surface area contributed by atoms with Gasteiger partial charge in [0.05, 0.1) is 0 Å². The first-order chi connectivity index (χ1) is 8.47. The van der Waals surface area contributed by atoms with Gasteiger partial charge in [0, 0.05) is 12.6 Å². The summed E-state index contributed by atoms with van der Waals surface area (Å²) >= 11 is 0. The highest BCUT2D eigenvalue weighted by Crippen LogP contribution is 2.16. The zero-order valence-electron chi connectivity index (χ0n) is 10.4. The van der Waals surface area contributed by atoms with Crippen LogP contribution in [-0.4, -0.2) is 10.9 Å². The number of anilines is 1. The summed E-state index contributed by atoms with van der Waals surface area (Å²) in [5.41, 5.74) is 1.24. The molecule has 5 heteroatoms. The molecule has 94 valence electrons. The lowest BCUT2D eigenvalue weighted by molar-refractivity contribution is 0.102. The van der Waals surface area contributed by atoms with Crippen molar-refractivity contribution in [1.29, 1.82) is 0 Å². The molecule has 0 spiro atoms. The average molecular weight is 248 g/mol. The van der Waals surface area contributed by atoms with E-state index >= 15 is 0 Å². The minimum Gasteiger partial charge on any atom is -0.445 e. The molecule has 1 heterocycles. The van der Waals surface area contributed by atoms with Crippen molar-refractivity contribution in [3.8, 4) is 0 Å². The number of rotatable bonds is 2. The van der Waals surface area contributed by atoms with Gasteiger partial charge in [-0.2, -0.15) is 0 Å². The summed E-state index contributed by atoms with van der Waals surface area (Å²) in [5.74, 6) is 0.230. The van der Waals surface area contributed by atoms with Gasteiger partial charge < -0.3 is 9.73 Å². The standard InChI is InChI=1S/C13H13FN2O2/c1-7-6-10(4-5-11(7)14)16-13(17)12-8(2)18-9(3)15-12/h4-6H,1-3H3,(H,16,17). The Labute approximate surface area is 104 Å². The predicted octanol–water partition coefficient (Wildman–Crippen LogP) is 2.99. The van der Waals surface area contributed by atoms with Crippen molar-refractivity contribution in [2.75, 3.05) is 5.32 Å². The molecule has 0 atom stereocenters.